The number of hydrogen-bond donors (Lipinski definition) is 2. The lowest BCUT2D eigenvalue weighted by molar-refractivity contribution is -0.125. The van der Waals surface area contributed by atoms with Gasteiger partial charge >= 0.3 is 0 Å². The summed E-state index contributed by atoms with van der Waals surface area (Å²) in [5, 5.41) is 10.2. The molecule has 0 aliphatic heterocycles. The van der Waals surface area contributed by atoms with Crippen molar-refractivity contribution in [3.05, 3.63) is 30.5 Å². The molecule has 4 nitrogen and oxygen atoms in total. The van der Waals surface area contributed by atoms with Gasteiger partial charge in [-0.25, -0.2) is 0 Å². The zero-order chi connectivity index (χ0) is 11.7. The van der Waals surface area contributed by atoms with Gasteiger partial charge in [-0.2, -0.15) is 0 Å². The van der Waals surface area contributed by atoms with Crippen LogP contribution in [0.5, 0.6) is 0 Å². The number of anilines is 1. The second-order valence-electron chi connectivity index (χ2n) is 3.79. The molecule has 0 aliphatic carbocycles. The van der Waals surface area contributed by atoms with Gasteiger partial charge in [0, 0.05) is 24.1 Å². The number of nitrogens with one attached hydrogen (secondary N) is 1. The van der Waals surface area contributed by atoms with Gasteiger partial charge in [-0.3, -0.25) is 4.79 Å². The van der Waals surface area contributed by atoms with Gasteiger partial charge in [-0.05, 0) is 13.0 Å². The number of rotatable bonds is 2. The predicted molar refractivity (Wildman–Crippen MR) is 63.4 cm³/mol. The highest BCUT2D eigenvalue weighted by molar-refractivity contribution is 6.04. The van der Waals surface area contributed by atoms with Crippen molar-refractivity contribution in [3.8, 4) is 0 Å². The molecule has 2 N–H and O–H groups in total. The smallest absolute Gasteiger partial charge is 0.255 e. The van der Waals surface area contributed by atoms with E-state index < -0.39 is 6.10 Å². The molecule has 1 atom stereocenters. The van der Waals surface area contributed by atoms with E-state index in [4.69, 9.17) is 0 Å². The maximum Gasteiger partial charge on any atom is 0.255 e. The van der Waals surface area contributed by atoms with Crippen molar-refractivity contribution in [3.63, 3.8) is 0 Å². The van der Waals surface area contributed by atoms with Crippen molar-refractivity contribution in [2.75, 3.05) is 11.9 Å². The quantitative estimate of drug-likeness (QED) is 0.802. The molecule has 0 aliphatic rings. The number of carbonyl (C=O) groups is 1. The van der Waals surface area contributed by atoms with Crippen molar-refractivity contribution in [2.45, 2.75) is 13.0 Å². The first-order chi connectivity index (χ1) is 7.61. The molecule has 1 amide bonds. The van der Waals surface area contributed by atoms with Gasteiger partial charge in [0.05, 0.1) is 5.69 Å². The Hall–Kier alpha value is -1.81. The second-order valence-corrected chi connectivity index (χ2v) is 3.79. The molecule has 0 spiro atoms. The molecule has 0 bridgehead atoms. The van der Waals surface area contributed by atoms with E-state index in [0.29, 0.717) is 0 Å². The number of aromatic nitrogens is 1. The first-order valence-electron chi connectivity index (χ1n) is 5.13. The third-order valence-electron chi connectivity index (χ3n) is 2.62. The second kappa shape index (κ2) is 3.98. The Labute approximate surface area is 93.5 Å². The van der Waals surface area contributed by atoms with Gasteiger partial charge < -0.3 is 15.0 Å². The number of aliphatic hydroxyl groups excluding tert-OH is 1. The molecule has 1 unspecified atom stereocenters. The molecule has 2 aromatic rings. The molecule has 0 radical (unpaired) electrons. The van der Waals surface area contributed by atoms with Gasteiger partial charge in [0.1, 0.15) is 6.10 Å². The van der Waals surface area contributed by atoms with Gasteiger partial charge in [0.25, 0.3) is 5.91 Å². The summed E-state index contributed by atoms with van der Waals surface area (Å²) in [6.45, 7) is 1.47. The van der Waals surface area contributed by atoms with E-state index in [0.717, 1.165) is 16.6 Å². The lowest BCUT2D eigenvalue weighted by Gasteiger charge is -2.17. The fraction of sp³-hybridized carbons (Fsp3) is 0.250. The van der Waals surface area contributed by atoms with Crippen LogP contribution in [0, 0.1) is 0 Å². The highest BCUT2D eigenvalue weighted by Gasteiger charge is 2.18. The number of para-hydroxylation sites is 1. The van der Waals surface area contributed by atoms with Crippen LogP contribution in [0.2, 0.25) is 0 Å². The SMILES string of the molecule is CC(O)C(=O)N(C)c1c[nH]c2ccccc12. The minimum atomic E-state index is -0.987. The van der Waals surface area contributed by atoms with Crippen molar-refractivity contribution >= 4 is 22.5 Å². The maximum atomic E-state index is 11.6. The lowest BCUT2D eigenvalue weighted by Crippen LogP contribution is -2.34. The number of aliphatic hydroxyl groups is 1. The molecule has 1 heterocycles. The summed E-state index contributed by atoms with van der Waals surface area (Å²) in [6, 6.07) is 7.73. The summed E-state index contributed by atoms with van der Waals surface area (Å²) < 4.78 is 0. The summed E-state index contributed by atoms with van der Waals surface area (Å²) in [6.07, 6.45) is 0.781. The maximum absolute atomic E-state index is 11.6. The first kappa shape index (κ1) is 10.7. The molecule has 0 fully saturated rings. The molecular formula is C12H14N2O2. The molecule has 2 rings (SSSR count). The van der Waals surface area contributed by atoms with Crippen LogP contribution in [0.1, 0.15) is 6.92 Å². The van der Waals surface area contributed by atoms with Crippen molar-refractivity contribution in [1.82, 2.24) is 4.98 Å². The van der Waals surface area contributed by atoms with Crippen LogP contribution >= 0.6 is 0 Å². The van der Waals surface area contributed by atoms with Crippen LogP contribution in [0.25, 0.3) is 10.9 Å². The average molecular weight is 218 g/mol. The number of likely N-dealkylation sites (N-methyl/N-ethyl adjacent to an activating group) is 1. The summed E-state index contributed by atoms with van der Waals surface area (Å²) in [5.74, 6) is -0.315. The van der Waals surface area contributed by atoms with Crippen LogP contribution in [0.4, 0.5) is 5.69 Å². The highest BCUT2D eigenvalue weighted by Crippen LogP contribution is 2.25. The van der Waals surface area contributed by atoms with E-state index in [-0.39, 0.29) is 5.91 Å². The van der Waals surface area contributed by atoms with Gasteiger partial charge in [0.2, 0.25) is 0 Å². The molecule has 1 aromatic carbocycles. The molecule has 84 valence electrons. The van der Waals surface area contributed by atoms with Crippen molar-refractivity contribution < 1.29 is 9.90 Å². The van der Waals surface area contributed by atoms with Crippen LogP contribution in [0.15, 0.2) is 30.5 Å². The average Bonchev–Trinajstić information content (AvgIpc) is 2.70. The Kier molecular flexibility index (Phi) is 2.66. The van der Waals surface area contributed by atoms with Crippen LogP contribution in [-0.2, 0) is 4.79 Å². The number of nitrogens with zero attached hydrogens (tertiary/aromatic N) is 1. The standard InChI is InChI=1S/C12H14N2O2/c1-8(15)12(16)14(2)11-7-13-10-6-4-3-5-9(10)11/h3-8,13,15H,1-2H3. The number of amides is 1. The number of aromatic amines is 1. The van der Waals surface area contributed by atoms with Gasteiger partial charge in [-0.15, -0.1) is 0 Å². The largest absolute Gasteiger partial charge is 0.384 e. The number of hydrogen-bond acceptors (Lipinski definition) is 2. The molecule has 16 heavy (non-hydrogen) atoms. The van der Waals surface area contributed by atoms with E-state index in [1.54, 1.807) is 13.2 Å². The predicted octanol–water partition coefficient (Wildman–Crippen LogP) is 1.51. The molecule has 4 heteroatoms. The Balaban J connectivity index is 2.44. The van der Waals surface area contributed by atoms with Crippen molar-refractivity contribution in [2.24, 2.45) is 0 Å². The Morgan fingerprint density at radius 3 is 2.81 bits per heavy atom. The Bertz CT molecular complexity index is 516. The Morgan fingerprint density at radius 2 is 2.12 bits per heavy atom. The zero-order valence-corrected chi connectivity index (χ0v) is 9.27. The molecule has 0 saturated carbocycles. The molecule has 0 saturated heterocycles. The van der Waals surface area contributed by atoms with Crippen LogP contribution in [-0.4, -0.2) is 29.1 Å². The fourth-order valence-corrected chi connectivity index (χ4v) is 1.73. The monoisotopic (exact) mass is 218 g/mol. The summed E-state index contributed by atoms with van der Waals surface area (Å²) in [4.78, 5) is 16.2. The summed E-state index contributed by atoms with van der Waals surface area (Å²) in [5.41, 5.74) is 1.75. The summed E-state index contributed by atoms with van der Waals surface area (Å²) >= 11 is 0. The number of fused-ring (bicyclic) bond motifs is 1. The summed E-state index contributed by atoms with van der Waals surface area (Å²) in [7, 11) is 1.66. The van der Waals surface area contributed by atoms with E-state index in [1.165, 1.54) is 11.8 Å². The zero-order valence-electron chi connectivity index (χ0n) is 9.27. The third kappa shape index (κ3) is 1.67. The van der Waals surface area contributed by atoms with E-state index in [2.05, 4.69) is 4.98 Å². The third-order valence-corrected chi connectivity index (χ3v) is 2.62. The van der Waals surface area contributed by atoms with Gasteiger partial charge in [-0.1, -0.05) is 18.2 Å². The topological polar surface area (TPSA) is 56.3 Å². The van der Waals surface area contributed by atoms with E-state index in [9.17, 15) is 9.90 Å². The van der Waals surface area contributed by atoms with Crippen LogP contribution < -0.4 is 4.90 Å². The minimum Gasteiger partial charge on any atom is -0.384 e. The number of carbonyl (C=O) groups excluding carboxylic acids is 1. The van der Waals surface area contributed by atoms with E-state index >= 15 is 0 Å². The highest BCUT2D eigenvalue weighted by atomic mass is 16.3. The number of benzene rings is 1. The molecular weight excluding hydrogens is 204 g/mol. The Morgan fingerprint density at radius 1 is 1.44 bits per heavy atom. The minimum absolute atomic E-state index is 0.315. The van der Waals surface area contributed by atoms with Gasteiger partial charge in [0.15, 0.2) is 0 Å². The normalized spacial score (nSPS) is 12.7. The van der Waals surface area contributed by atoms with E-state index in [1.807, 2.05) is 24.3 Å². The fourth-order valence-electron chi connectivity index (χ4n) is 1.73. The lowest BCUT2D eigenvalue weighted by atomic mass is 10.2. The molecule has 1 aromatic heterocycles. The van der Waals surface area contributed by atoms with Crippen LogP contribution in [0.3, 0.4) is 0 Å². The van der Waals surface area contributed by atoms with Crippen molar-refractivity contribution in [1.29, 1.82) is 0 Å². The first-order valence-corrected chi connectivity index (χ1v) is 5.13. The number of H-pyrrole nitrogens is 1.